The smallest absolute Gasteiger partial charge is 0.239 e. The van der Waals surface area contributed by atoms with Crippen LogP contribution in [0.4, 0.5) is 0 Å². The first-order valence-electron chi connectivity index (χ1n) is 7.09. The van der Waals surface area contributed by atoms with Crippen LogP contribution in [-0.4, -0.2) is 24.1 Å². The van der Waals surface area contributed by atoms with E-state index in [1.807, 2.05) is 23.9 Å². The molecule has 0 bridgehead atoms. The van der Waals surface area contributed by atoms with Gasteiger partial charge in [0.15, 0.2) is 0 Å². The van der Waals surface area contributed by atoms with Crippen molar-refractivity contribution >= 4 is 16.8 Å². The van der Waals surface area contributed by atoms with Crippen molar-refractivity contribution < 1.29 is 4.79 Å². The summed E-state index contributed by atoms with van der Waals surface area (Å²) in [7, 11) is 1.93. The van der Waals surface area contributed by atoms with Crippen LogP contribution in [0.1, 0.15) is 19.4 Å². The van der Waals surface area contributed by atoms with Gasteiger partial charge in [0.1, 0.15) is 6.54 Å². The van der Waals surface area contributed by atoms with Crippen LogP contribution < -0.4 is 10.6 Å². The zero-order chi connectivity index (χ0) is 14.5. The van der Waals surface area contributed by atoms with Gasteiger partial charge in [-0.05, 0) is 36.0 Å². The molecule has 1 aromatic carbocycles. The molecule has 0 unspecified atom stereocenters. The van der Waals surface area contributed by atoms with Crippen molar-refractivity contribution in [1.82, 2.24) is 15.2 Å². The van der Waals surface area contributed by atoms with Crippen molar-refractivity contribution in [2.45, 2.75) is 26.9 Å². The number of fused-ring (bicyclic) bond motifs is 1. The lowest BCUT2D eigenvalue weighted by molar-refractivity contribution is -0.121. The van der Waals surface area contributed by atoms with Gasteiger partial charge >= 0.3 is 0 Å². The predicted octanol–water partition coefficient (Wildman–Crippen LogP) is 2.13. The second-order valence-electron chi connectivity index (χ2n) is 5.57. The third kappa shape index (κ3) is 3.61. The molecule has 0 saturated heterocycles. The number of hydrogen-bond donors (Lipinski definition) is 2. The molecule has 20 heavy (non-hydrogen) atoms. The molecule has 0 aliphatic heterocycles. The summed E-state index contributed by atoms with van der Waals surface area (Å²) in [6.07, 6.45) is 1.97. The number of hydrogen-bond acceptors (Lipinski definition) is 2. The largest absolute Gasteiger partial charge is 0.354 e. The Morgan fingerprint density at radius 2 is 2.10 bits per heavy atom. The summed E-state index contributed by atoms with van der Waals surface area (Å²) in [5, 5.41) is 7.27. The number of benzene rings is 1. The highest BCUT2D eigenvalue weighted by Crippen LogP contribution is 2.17. The van der Waals surface area contributed by atoms with Gasteiger partial charge in [-0.25, -0.2) is 0 Å². The molecular weight excluding hydrogens is 250 g/mol. The van der Waals surface area contributed by atoms with E-state index in [1.54, 1.807) is 0 Å². The molecule has 1 aromatic heterocycles. The quantitative estimate of drug-likeness (QED) is 0.847. The van der Waals surface area contributed by atoms with E-state index in [4.69, 9.17) is 0 Å². The van der Waals surface area contributed by atoms with E-state index in [9.17, 15) is 4.79 Å². The summed E-state index contributed by atoms with van der Waals surface area (Å²) in [5.74, 6) is 0.540. The van der Waals surface area contributed by atoms with Gasteiger partial charge in [0, 0.05) is 24.8 Å². The van der Waals surface area contributed by atoms with Crippen LogP contribution in [-0.2, 0) is 17.9 Å². The molecule has 108 valence electrons. The van der Waals surface area contributed by atoms with Crippen molar-refractivity contribution in [3.8, 4) is 0 Å². The maximum absolute atomic E-state index is 11.9. The highest BCUT2D eigenvalue weighted by atomic mass is 16.1. The number of carbonyl (C=O) groups is 1. The Labute approximate surface area is 120 Å². The fourth-order valence-electron chi connectivity index (χ4n) is 2.21. The summed E-state index contributed by atoms with van der Waals surface area (Å²) in [6, 6.07) is 8.41. The predicted molar refractivity (Wildman–Crippen MR) is 82.5 cm³/mol. The molecule has 1 amide bonds. The van der Waals surface area contributed by atoms with Gasteiger partial charge in [0.25, 0.3) is 0 Å². The van der Waals surface area contributed by atoms with Crippen molar-refractivity contribution in [2.75, 3.05) is 13.6 Å². The van der Waals surface area contributed by atoms with Crippen LogP contribution in [0, 0.1) is 5.92 Å². The standard InChI is InChI=1S/C16H23N3O/c1-12(2)9-18-16(20)11-19-7-6-14-5-4-13(10-17-3)8-15(14)19/h4-8,12,17H,9-11H2,1-3H3,(H,18,20). The average Bonchev–Trinajstić information content (AvgIpc) is 2.80. The van der Waals surface area contributed by atoms with Crippen molar-refractivity contribution in [3.05, 3.63) is 36.0 Å². The number of carbonyl (C=O) groups excluding carboxylic acids is 1. The number of nitrogens with zero attached hydrogens (tertiary/aromatic N) is 1. The molecule has 0 spiro atoms. The van der Waals surface area contributed by atoms with Crippen LogP contribution >= 0.6 is 0 Å². The number of rotatable bonds is 6. The van der Waals surface area contributed by atoms with Crippen LogP contribution in [0.15, 0.2) is 30.5 Å². The maximum atomic E-state index is 11.9. The van der Waals surface area contributed by atoms with E-state index in [0.29, 0.717) is 12.5 Å². The van der Waals surface area contributed by atoms with Crippen molar-refractivity contribution in [2.24, 2.45) is 5.92 Å². The molecule has 0 aliphatic carbocycles. The third-order valence-electron chi connectivity index (χ3n) is 3.24. The topological polar surface area (TPSA) is 46.1 Å². The Kier molecular flexibility index (Phi) is 4.79. The van der Waals surface area contributed by atoms with Gasteiger partial charge in [0.2, 0.25) is 5.91 Å². The molecule has 0 radical (unpaired) electrons. The van der Waals surface area contributed by atoms with Gasteiger partial charge in [-0.1, -0.05) is 26.0 Å². The zero-order valence-electron chi connectivity index (χ0n) is 12.4. The minimum Gasteiger partial charge on any atom is -0.354 e. The van der Waals surface area contributed by atoms with E-state index >= 15 is 0 Å². The highest BCUT2D eigenvalue weighted by Gasteiger charge is 2.07. The molecule has 2 N–H and O–H groups in total. The van der Waals surface area contributed by atoms with E-state index in [0.717, 1.165) is 18.6 Å². The first-order valence-corrected chi connectivity index (χ1v) is 7.09. The van der Waals surface area contributed by atoms with E-state index in [1.165, 1.54) is 10.9 Å². The zero-order valence-corrected chi connectivity index (χ0v) is 12.4. The average molecular weight is 273 g/mol. The molecule has 2 aromatic rings. The van der Waals surface area contributed by atoms with Gasteiger partial charge in [-0.3, -0.25) is 4.79 Å². The molecule has 4 heteroatoms. The highest BCUT2D eigenvalue weighted by molar-refractivity contribution is 5.83. The van der Waals surface area contributed by atoms with Crippen molar-refractivity contribution in [1.29, 1.82) is 0 Å². The van der Waals surface area contributed by atoms with Crippen LogP contribution in [0.25, 0.3) is 10.9 Å². The Morgan fingerprint density at radius 3 is 2.80 bits per heavy atom. The summed E-state index contributed by atoms with van der Waals surface area (Å²) < 4.78 is 2.00. The number of amides is 1. The Bertz CT molecular complexity index is 586. The molecule has 0 atom stereocenters. The summed E-state index contributed by atoms with van der Waals surface area (Å²) in [4.78, 5) is 11.9. The lowest BCUT2D eigenvalue weighted by atomic mass is 10.1. The minimum absolute atomic E-state index is 0.0650. The molecular formula is C16H23N3O. The normalized spacial score (nSPS) is 11.2. The minimum atomic E-state index is 0.0650. The van der Waals surface area contributed by atoms with Gasteiger partial charge < -0.3 is 15.2 Å². The van der Waals surface area contributed by atoms with Crippen molar-refractivity contribution in [3.63, 3.8) is 0 Å². The summed E-state index contributed by atoms with van der Waals surface area (Å²) >= 11 is 0. The second kappa shape index (κ2) is 6.57. The van der Waals surface area contributed by atoms with Crippen LogP contribution in [0.5, 0.6) is 0 Å². The summed E-state index contributed by atoms with van der Waals surface area (Å²) in [5.41, 5.74) is 2.33. The fraction of sp³-hybridized carbons (Fsp3) is 0.438. The van der Waals surface area contributed by atoms with E-state index in [2.05, 4.69) is 42.7 Å². The van der Waals surface area contributed by atoms with Gasteiger partial charge in [-0.2, -0.15) is 0 Å². The molecule has 0 fully saturated rings. The maximum Gasteiger partial charge on any atom is 0.239 e. The number of nitrogens with one attached hydrogen (secondary N) is 2. The molecule has 0 aliphatic rings. The second-order valence-corrected chi connectivity index (χ2v) is 5.57. The molecule has 4 nitrogen and oxygen atoms in total. The number of aromatic nitrogens is 1. The molecule has 2 rings (SSSR count). The molecule has 0 saturated carbocycles. The Balaban J connectivity index is 2.13. The monoisotopic (exact) mass is 273 g/mol. The Morgan fingerprint density at radius 1 is 1.30 bits per heavy atom. The third-order valence-corrected chi connectivity index (χ3v) is 3.24. The van der Waals surface area contributed by atoms with E-state index in [-0.39, 0.29) is 5.91 Å². The fourth-order valence-corrected chi connectivity index (χ4v) is 2.21. The SMILES string of the molecule is CNCc1ccc2ccn(CC(=O)NCC(C)C)c2c1. The van der Waals surface area contributed by atoms with Gasteiger partial charge in [-0.15, -0.1) is 0 Å². The lowest BCUT2D eigenvalue weighted by Gasteiger charge is -2.10. The lowest BCUT2D eigenvalue weighted by Crippen LogP contribution is -2.30. The molecule has 1 heterocycles. The Hall–Kier alpha value is -1.81. The van der Waals surface area contributed by atoms with Crippen LogP contribution in [0.2, 0.25) is 0 Å². The van der Waals surface area contributed by atoms with Gasteiger partial charge in [0.05, 0.1) is 0 Å². The van der Waals surface area contributed by atoms with Crippen LogP contribution in [0.3, 0.4) is 0 Å². The van der Waals surface area contributed by atoms with E-state index < -0.39 is 0 Å². The summed E-state index contributed by atoms with van der Waals surface area (Å²) in [6.45, 7) is 6.12. The first-order chi connectivity index (χ1) is 9.60. The first kappa shape index (κ1) is 14.6.